The number of rotatable bonds is 10. The van der Waals surface area contributed by atoms with Crippen molar-refractivity contribution in [2.45, 2.75) is 38.3 Å². The number of imidazole rings is 1. The minimum absolute atomic E-state index is 0.0164. The number of amides is 1. The van der Waals surface area contributed by atoms with Crippen LogP contribution in [0.2, 0.25) is 0 Å². The Bertz CT molecular complexity index is 1320. The zero-order chi connectivity index (χ0) is 26.4. The van der Waals surface area contributed by atoms with E-state index < -0.39 is 10.1 Å². The summed E-state index contributed by atoms with van der Waals surface area (Å²) in [7, 11) is -1.62. The van der Waals surface area contributed by atoms with Gasteiger partial charge in [-0.05, 0) is 54.5 Å². The first kappa shape index (κ1) is 27.0. The standard InChI is InChI=1S/C27H32FN3O5S/c1-30-18-26(29-19-30)27(32)31(23-11-14-35-15-12-23)17-21-7-10-25(28)24(16-21)22-8-5-20(6-9-22)4-3-13-36-37(2,33)34/h5-10,16,18-19,23H,3-4,11-15,17H2,1-2H3. The van der Waals surface area contributed by atoms with Crippen molar-refractivity contribution in [1.82, 2.24) is 14.5 Å². The van der Waals surface area contributed by atoms with Crippen LogP contribution < -0.4 is 0 Å². The Hall–Kier alpha value is -3.08. The second-order valence-corrected chi connectivity index (χ2v) is 11.0. The zero-order valence-electron chi connectivity index (χ0n) is 21.1. The molecule has 0 aliphatic carbocycles. The molecule has 1 fully saturated rings. The molecule has 4 rings (SSSR count). The predicted molar refractivity (Wildman–Crippen MR) is 138 cm³/mol. The maximum Gasteiger partial charge on any atom is 0.274 e. The molecule has 0 spiro atoms. The Morgan fingerprint density at radius 3 is 2.51 bits per heavy atom. The summed E-state index contributed by atoms with van der Waals surface area (Å²) in [5, 5.41) is 0. The average molecular weight is 530 g/mol. The molecule has 2 aromatic carbocycles. The van der Waals surface area contributed by atoms with Crippen molar-refractivity contribution in [2.24, 2.45) is 7.05 Å². The number of aryl methyl sites for hydroxylation is 2. The van der Waals surface area contributed by atoms with E-state index in [-0.39, 0.29) is 24.4 Å². The number of nitrogens with zero attached hydrogens (tertiary/aromatic N) is 3. The van der Waals surface area contributed by atoms with E-state index in [9.17, 15) is 17.6 Å². The molecule has 0 bridgehead atoms. The summed E-state index contributed by atoms with van der Waals surface area (Å²) in [4.78, 5) is 19.4. The van der Waals surface area contributed by atoms with Crippen LogP contribution in [0.1, 0.15) is 40.9 Å². The van der Waals surface area contributed by atoms with Gasteiger partial charge in [0.15, 0.2) is 0 Å². The fraction of sp³-hybridized carbons (Fsp3) is 0.407. The fourth-order valence-electron chi connectivity index (χ4n) is 4.46. The monoisotopic (exact) mass is 529 g/mol. The number of benzene rings is 2. The molecule has 1 saturated heterocycles. The van der Waals surface area contributed by atoms with Crippen LogP contribution in [0.4, 0.5) is 4.39 Å². The minimum Gasteiger partial charge on any atom is -0.381 e. The van der Waals surface area contributed by atoms with Gasteiger partial charge in [-0.3, -0.25) is 8.98 Å². The number of ether oxygens (including phenoxy) is 1. The lowest BCUT2D eigenvalue weighted by Gasteiger charge is -2.34. The second kappa shape index (κ2) is 12.0. The molecule has 0 atom stereocenters. The van der Waals surface area contributed by atoms with Crippen molar-refractivity contribution in [1.29, 1.82) is 0 Å². The summed E-state index contributed by atoms with van der Waals surface area (Å²) < 4.78 is 49.0. The van der Waals surface area contributed by atoms with Crippen molar-refractivity contribution >= 4 is 16.0 Å². The summed E-state index contributed by atoms with van der Waals surface area (Å²) in [5.41, 5.74) is 3.40. The maximum atomic E-state index is 14.9. The van der Waals surface area contributed by atoms with Crippen molar-refractivity contribution < 1.29 is 26.5 Å². The highest BCUT2D eigenvalue weighted by molar-refractivity contribution is 7.85. The first-order valence-corrected chi connectivity index (χ1v) is 14.1. The van der Waals surface area contributed by atoms with Gasteiger partial charge in [0.25, 0.3) is 16.0 Å². The normalized spacial score (nSPS) is 14.6. The number of hydrogen-bond donors (Lipinski definition) is 0. The lowest BCUT2D eigenvalue weighted by Crippen LogP contribution is -2.43. The Labute approximate surface area is 217 Å². The minimum atomic E-state index is -3.44. The molecule has 0 saturated carbocycles. The average Bonchev–Trinajstić information content (AvgIpc) is 3.32. The number of carbonyl (C=O) groups excluding carboxylic acids is 1. The van der Waals surface area contributed by atoms with E-state index in [2.05, 4.69) is 4.98 Å². The van der Waals surface area contributed by atoms with E-state index in [0.717, 1.165) is 35.8 Å². The molecule has 198 valence electrons. The van der Waals surface area contributed by atoms with Crippen LogP contribution in [0.25, 0.3) is 11.1 Å². The van der Waals surface area contributed by atoms with Crippen LogP contribution in [0.3, 0.4) is 0 Å². The van der Waals surface area contributed by atoms with E-state index in [4.69, 9.17) is 8.92 Å². The van der Waals surface area contributed by atoms with Crippen molar-refractivity contribution in [3.63, 3.8) is 0 Å². The second-order valence-electron chi connectivity index (χ2n) is 9.34. The first-order chi connectivity index (χ1) is 17.7. The van der Waals surface area contributed by atoms with Gasteiger partial charge >= 0.3 is 0 Å². The number of carbonyl (C=O) groups is 1. The molecule has 1 amide bonds. The van der Waals surface area contributed by atoms with Gasteiger partial charge in [0, 0.05) is 44.6 Å². The third-order valence-corrected chi connectivity index (χ3v) is 6.97. The molecule has 1 aliphatic rings. The van der Waals surface area contributed by atoms with Gasteiger partial charge in [0.1, 0.15) is 11.5 Å². The molecule has 2 heterocycles. The summed E-state index contributed by atoms with van der Waals surface area (Å²) in [6, 6.07) is 12.5. The third kappa shape index (κ3) is 7.47. The highest BCUT2D eigenvalue weighted by Crippen LogP contribution is 2.27. The molecule has 3 aromatic rings. The van der Waals surface area contributed by atoms with Gasteiger partial charge in [0.05, 0.1) is 19.2 Å². The molecule has 0 unspecified atom stereocenters. The van der Waals surface area contributed by atoms with Gasteiger partial charge in [-0.2, -0.15) is 8.42 Å². The Balaban J connectivity index is 1.50. The lowest BCUT2D eigenvalue weighted by atomic mass is 9.99. The molecule has 1 aliphatic heterocycles. The van der Waals surface area contributed by atoms with Crippen LogP contribution >= 0.6 is 0 Å². The molecule has 0 N–H and O–H groups in total. The topological polar surface area (TPSA) is 90.7 Å². The molecule has 37 heavy (non-hydrogen) atoms. The highest BCUT2D eigenvalue weighted by Gasteiger charge is 2.28. The highest BCUT2D eigenvalue weighted by atomic mass is 32.2. The molecule has 1 aromatic heterocycles. The number of hydrogen-bond acceptors (Lipinski definition) is 6. The predicted octanol–water partition coefficient (Wildman–Crippen LogP) is 3.96. The number of aromatic nitrogens is 2. The maximum absolute atomic E-state index is 14.9. The molecule has 10 heteroatoms. The Kier molecular flexibility index (Phi) is 8.73. The molecule has 8 nitrogen and oxygen atoms in total. The van der Waals surface area contributed by atoms with Crippen LogP contribution in [0.5, 0.6) is 0 Å². The van der Waals surface area contributed by atoms with Gasteiger partial charge < -0.3 is 14.2 Å². The SMILES string of the molecule is Cn1cnc(C(=O)N(Cc2ccc(F)c(-c3ccc(CCCOS(C)(=O)=O)cc3)c2)C2CCOCC2)c1. The van der Waals surface area contributed by atoms with E-state index >= 15 is 0 Å². The molecular weight excluding hydrogens is 497 g/mol. The smallest absolute Gasteiger partial charge is 0.274 e. The third-order valence-electron chi connectivity index (χ3n) is 6.37. The molecular formula is C27H32FN3O5S. The van der Waals surface area contributed by atoms with Crippen molar-refractivity contribution in [3.8, 4) is 11.1 Å². The van der Waals surface area contributed by atoms with Gasteiger partial charge in [-0.25, -0.2) is 9.37 Å². The summed E-state index contributed by atoms with van der Waals surface area (Å²) in [6.07, 6.45) is 7.03. The van der Waals surface area contributed by atoms with Crippen LogP contribution in [0, 0.1) is 5.82 Å². The van der Waals surface area contributed by atoms with E-state index in [0.29, 0.717) is 43.9 Å². The zero-order valence-corrected chi connectivity index (χ0v) is 21.9. The summed E-state index contributed by atoms with van der Waals surface area (Å²) >= 11 is 0. The van der Waals surface area contributed by atoms with Gasteiger partial charge in [0.2, 0.25) is 0 Å². The molecule has 0 radical (unpaired) electrons. The summed E-state index contributed by atoms with van der Waals surface area (Å²) in [6.45, 7) is 1.65. The van der Waals surface area contributed by atoms with Gasteiger partial charge in [-0.15, -0.1) is 0 Å². The van der Waals surface area contributed by atoms with E-state index in [1.54, 1.807) is 29.2 Å². The summed E-state index contributed by atoms with van der Waals surface area (Å²) in [5.74, 6) is -0.491. The largest absolute Gasteiger partial charge is 0.381 e. The van der Waals surface area contributed by atoms with Crippen molar-refractivity contribution in [2.75, 3.05) is 26.1 Å². The van der Waals surface area contributed by atoms with Crippen LogP contribution in [0.15, 0.2) is 55.0 Å². The van der Waals surface area contributed by atoms with Crippen molar-refractivity contribution in [3.05, 3.63) is 77.6 Å². The van der Waals surface area contributed by atoms with Gasteiger partial charge in [-0.1, -0.05) is 30.3 Å². The quantitative estimate of drug-likeness (QED) is 0.292. The van der Waals surface area contributed by atoms with E-state index in [1.807, 2.05) is 36.2 Å². The Morgan fingerprint density at radius 2 is 1.86 bits per heavy atom. The van der Waals surface area contributed by atoms with Crippen LogP contribution in [-0.4, -0.2) is 60.9 Å². The van der Waals surface area contributed by atoms with E-state index in [1.165, 1.54) is 6.07 Å². The lowest BCUT2D eigenvalue weighted by molar-refractivity contribution is 0.0264. The van der Waals surface area contributed by atoms with Crippen LogP contribution in [-0.2, 0) is 39.1 Å². The first-order valence-electron chi connectivity index (χ1n) is 12.3. The number of halogens is 1. The Morgan fingerprint density at radius 1 is 1.16 bits per heavy atom. The fourth-order valence-corrected chi connectivity index (χ4v) is 4.88.